The van der Waals surface area contributed by atoms with Crippen LogP contribution in [0.5, 0.6) is 0 Å². The molecule has 0 unspecified atom stereocenters. The topological polar surface area (TPSA) is 72.8 Å². The highest BCUT2D eigenvalue weighted by molar-refractivity contribution is 5.83. The maximum absolute atomic E-state index is 11.7. The number of carbonyl (C=O) groups excluding carboxylic acids is 1. The number of fused-ring (bicyclic) bond motifs is 2. The lowest BCUT2D eigenvalue weighted by molar-refractivity contribution is -0.158. The fraction of sp³-hybridized carbons (Fsp3) is 0.818. The Labute approximate surface area is 93.7 Å². The first-order valence-corrected chi connectivity index (χ1v) is 5.70. The van der Waals surface area contributed by atoms with Gasteiger partial charge in [-0.2, -0.15) is 0 Å². The maximum atomic E-state index is 11.7. The van der Waals surface area contributed by atoms with E-state index in [0.29, 0.717) is 6.61 Å². The molecule has 2 saturated heterocycles. The van der Waals surface area contributed by atoms with Gasteiger partial charge in [0.1, 0.15) is 0 Å². The Bertz CT molecular complexity index is 301. The highest BCUT2D eigenvalue weighted by atomic mass is 16.5. The number of hydrogen-bond donors (Lipinski definition) is 1. The minimum Gasteiger partial charge on any atom is -0.481 e. The minimum absolute atomic E-state index is 0.254. The van der Waals surface area contributed by atoms with Crippen LogP contribution in [0.2, 0.25) is 0 Å². The SMILES string of the molecule is CCCOC(=O)[C@H]1[C@@H](C(=O)O)[C@@H]2CC[C@@H]1O2. The van der Waals surface area contributed by atoms with Crippen molar-refractivity contribution in [3.8, 4) is 0 Å². The molecule has 16 heavy (non-hydrogen) atoms. The molecule has 0 aromatic rings. The second-order valence-electron chi connectivity index (χ2n) is 4.35. The third kappa shape index (κ3) is 1.80. The predicted octanol–water partition coefficient (Wildman–Crippen LogP) is 0.818. The number of esters is 1. The van der Waals surface area contributed by atoms with Gasteiger partial charge in [0, 0.05) is 0 Å². The number of aliphatic carboxylic acids is 1. The van der Waals surface area contributed by atoms with E-state index < -0.39 is 23.8 Å². The molecule has 0 aliphatic carbocycles. The Hall–Kier alpha value is -1.10. The number of carboxylic acid groups (broad SMARTS) is 1. The fourth-order valence-corrected chi connectivity index (χ4v) is 2.59. The average Bonchev–Trinajstić information content (AvgIpc) is 2.84. The van der Waals surface area contributed by atoms with Crippen molar-refractivity contribution in [3.05, 3.63) is 0 Å². The van der Waals surface area contributed by atoms with Gasteiger partial charge in [-0.15, -0.1) is 0 Å². The standard InChI is InChI=1S/C11H16O5/c1-2-5-15-11(14)9-7-4-3-6(16-7)8(9)10(12)13/h6-9H,2-5H2,1H3,(H,12,13)/t6-,7-,8-,9+/m0/s1. The van der Waals surface area contributed by atoms with Crippen molar-refractivity contribution in [1.82, 2.24) is 0 Å². The molecule has 2 rings (SSSR count). The van der Waals surface area contributed by atoms with Crippen molar-refractivity contribution in [3.63, 3.8) is 0 Å². The summed E-state index contributed by atoms with van der Waals surface area (Å²) >= 11 is 0. The summed E-state index contributed by atoms with van der Waals surface area (Å²) in [6, 6.07) is 0. The zero-order chi connectivity index (χ0) is 11.7. The van der Waals surface area contributed by atoms with E-state index in [1.807, 2.05) is 6.92 Å². The second-order valence-corrected chi connectivity index (χ2v) is 4.35. The minimum atomic E-state index is -0.953. The van der Waals surface area contributed by atoms with Gasteiger partial charge in [-0.25, -0.2) is 0 Å². The van der Waals surface area contributed by atoms with E-state index in [4.69, 9.17) is 14.6 Å². The van der Waals surface area contributed by atoms with Gasteiger partial charge >= 0.3 is 11.9 Å². The van der Waals surface area contributed by atoms with Crippen molar-refractivity contribution in [2.45, 2.75) is 38.4 Å². The van der Waals surface area contributed by atoms with Gasteiger partial charge < -0.3 is 14.6 Å². The monoisotopic (exact) mass is 228 g/mol. The van der Waals surface area contributed by atoms with Crippen LogP contribution in [0.15, 0.2) is 0 Å². The summed E-state index contributed by atoms with van der Waals surface area (Å²) in [6.07, 6.45) is 1.68. The van der Waals surface area contributed by atoms with Gasteiger partial charge in [-0.3, -0.25) is 9.59 Å². The van der Waals surface area contributed by atoms with Gasteiger partial charge in [-0.05, 0) is 19.3 Å². The summed E-state index contributed by atoms with van der Waals surface area (Å²) < 4.78 is 10.5. The van der Waals surface area contributed by atoms with Crippen LogP contribution in [0.25, 0.3) is 0 Å². The van der Waals surface area contributed by atoms with Crippen molar-refractivity contribution >= 4 is 11.9 Å². The molecule has 4 atom stereocenters. The molecule has 0 spiro atoms. The number of rotatable bonds is 4. The normalized spacial score (nSPS) is 36.3. The highest BCUT2D eigenvalue weighted by Crippen LogP contribution is 2.44. The van der Waals surface area contributed by atoms with Gasteiger partial charge in [0.25, 0.3) is 0 Å². The van der Waals surface area contributed by atoms with E-state index in [2.05, 4.69) is 0 Å². The van der Waals surface area contributed by atoms with Gasteiger partial charge in [0.05, 0.1) is 30.7 Å². The zero-order valence-corrected chi connectivity index (χ0v) is 9.22. The molecule has 90 valence electrons. The van der Waals surface area contributed by atoms with Crippen LogP contribution in [0, 0.1) is 11.8 Å². The van der Waals surface area contributed by atoms with Crippen LogP contribution < -0.4 is 0 Å². The summed E-state index contributed by atoms with van der Waals surface area (Å²) in [5.41, 5.74) is 0. The first-order chi connectivity index (χ1) is 7.65. The van der Waals surface area contributed by atoms with Crippen molar-refractivity contribution < 1.29 is 24.2 Å². The second kappa shape index (κ2) is 4.41. The van der Waals surface area contributed by atoms with Crippen LogP contribution >= 0.6 is 0 Å². The summed E-state index contributed by atoms with van der Waals surface area (Å²) in [5, 5.41) is 9.09. The summed E-state index contributed by atoms with van der Waals surface area (Å²) in [6.45, 7) is 2.25. The molecule has 0 aromatic carbocycles. The maximum Gasteiger partial charge on any atom is 0.312 e. The van der Waals surface area contributed by atoms with Crippen LogP contribution in [-0.2, 0) is 19.1 Å². The van der Waals surface area contributed by atoms with Gasteiger partial charge in [-0.1, -0.05) is 6.92 Å². The molecule has 0 radical (unpaired) electrons. The number of carboxylic acids is 1. The third-order valence-electron chi connectivity index (χ3n) is 3.28. The molecule has 0 saturated carbocycles. The van der Waals surface area contributed by atoms with Crippen molar-refractivity contribution in [2.75, 3.05) is 6.61 Å². The lowest BCUT2D eigenvalue weighted by atomic mass is 9.79. The van der Waals surface area contributed by atoms with E-state index in [1.165, 1.54) is 0 Å². The van der Waals surface area contributed by atoms with Crippen molar-refractivity contribution in [1.29, 1.82) is 0 Å². The van der Waals surface area contributed by atoms with E-state index in [-0.39, 0.29) is 12.2 Å². The van der Waals surface area contributed by atoms with Gasteiger partial charge in [0.2, 0.25) is 0 Å². The molecule has 2 aliphatic rings. The summed E-state index contributed by atoms with van der Waals surface area (Å²) in [5.74, 6) is -2.70. The molecule has 2 bridgehead atoms. The van der Waals surface area contributed by atoms with E-state index >= 15 is 0 Å². The highest BCUT2D eigenvalue weighted by Gasteiger charge is 2.56. The van der Waals surface area contributed by atoms with Crippen LogP contribution in [0.3, 0.4) is 0 Å². The largest absolute Gasteiger partial charge is 0.481 e. The molecule has 2 fully saturated rings. The molecule has 0 aromatic heterocycles. The Morgan fingerprint density at radius 2 is 1.94 bits per heavy atom. The first-order valence-electron chi connectivity index (χ1n) is 5.70. The fourth-order valence-electron chi connectivity index (χ4n) is 2.59. The zero-order valence-electron chi connectivity index (χ0n) is 9.22. The molecule has 1 N–H and O–H groups in total. The van der Waals surface area contributed by atoms with E-state index in [9.17, 15) is 9.59 Å². The molecular weight excluding hydrogens is 212 g/mol. The Balaban J connectivity index is 2.06. The first kappa shape index (κ1) is 11.4. The Morgan fingerprint density at radius 1 is 1.31 bits per heavy atom. The Morgan fingerprint density at radius 3 is 2.50 bits per heavy atom. The number of ether oxygens (including phenoxy) is 2. The quantitative estimate of drug-likeness (QED) is 0.721. The van der Waals surface area contributed by atoms with Crippen molar-refractivity contribution in [2.24, 2.45) is 11.8 Å². The predicted molar refractivity (Wildman–Crippen MR) is 53.8 cm³/mol. The number of carbonyl (C=O) groups is 2. The van der Waals surface area contributed by atoms with Crippen LogP contribution in [0.4, 0.5) is 0 Å². The Kier molecular flexibility index (Phi) is 3.14. The van der Waals surface area contributed by atoms with Crippen LogP contribution in [-0.4, -0.2) is 35.9 Å². The molecule has 5 heteroatoms. The molecular formula is C11H16O5. The molecule has 0 amide bonds. The molecule has 2 heterocycles. The average molecular weight is 228 g/mol. The number of hydrogen-bond acceptors (Lipinski definition) is 4. The summed E-state index contributed by atoms with van der Waals surface area (Å²) in [7, 11) is 0. The van der Waals surface area contributed by atoms with E-state index in [0.717, 1.165) is 19.3 Å². The molecule has 2 aliphatic heterocycles. The smallest absolute Gasteiger partial charge is 0.312 e. The lowest BCUT2D eigenvalue weighted by Gasteiger charge is -2.22. The lowest BCUT2D eigenvalue weighted by Crippen LogP contribution is -2.39. The molecule has 5 nitrogen and oxygen atoms in total. The van der Waals surface area contributed by atoms with Gasteiger partial charge in [0.15, 0.2) is 0 Å². The van der Waals surface area contributed by atoms with Crippen LogP contribution in [0.1, 0.15) is 26.2 Å². The van der Waals surface area contributed by atoms with E-state index in [1.54, 1.807) is 0 Å². The summed E-state index contributed by atoms with van der Waals surface area (Å²) in [4.78, 5) is 22.8. The third-order valence-corrected chi connectivity index (χ3v) is 3.28.